The van der Waals surface area contributed by atoms with Crippen LogP contribution in [-0.2, 0) is 18.8 Å². The second-order valence-corrected chi connectivity index (χ2v) is 8.55. The van der Waals surface area contributed by atoms with Crippen LogP contribution >= 0.6 is 0 Å². The number of aromatic nitrogens is 2. The van der Waals surface area contributed by atoms with Gasteiger partial charge in [0.2, 0.25) is 11.7 Å². The van der Waals surface area contributed by atoms with E-state index in [9.17, 15) is 26.3 Å². The van der Waals surface area contributed by atoms with Crippen molar-refractivity contribution in [1.82, 2.24) is 15.0 Å². The Labute approximate surface area is 207 Å². The molecule has 0 bridgehead atoms. The topological polar surface area (TPSA) is 101 Å². The first-order valence-electron chi connectivity index (χ1n) is 11.3. The van der Waals surface area contributed by atoms with E-state index < -0.39 is 29.5 Å². The lowest BCUT2D eigenvalue weighted by Crippen LogP contribution is -2.36. The molecule has 0 aliphatic carbocycles. The van der Waals surface area contributed by atoms with Gasteiger partial charge in [-0.25, -0.2) is 0 Å². The van der Waals surface area contributed by atoms with Gasteiger partial charge in [-0.2, -0.15) is 31.3 Å². The minimum Gasteiger partial charge on any atom is -0.493 e. The maximum absolute atomic E-state index is 13.8. The molecule has 0 saturated carbocycles. The summed E-state index contributed by atoms with van der Waals surface area (Å²) in [6.45, 7) is -0.0722. The van der Waals surface area contributed by atoms with E-state index in [0.717, 1.165) is 24.5 Å². The number of benzene rings is 2. The molecule has 2 heterocycles. The third kappa shape index (κ3) is 6.04. The Kier molecular flexibility index (Phi) is 7.44. The predicted molar refractivity (Wildman–Crippen MR) is 121 cm³/mol. The summed E-state index contributed by atoms with van der Waals surface area (Å²) in [5.41, 5.74) is 4.83. The van der Waals surface area contributed by atoms with Gasteiger partial charge < -0.3 is 19.9 Å². The van der Waals surface area contributed by atoms with E-state index in [-0.39, 0.29) is 35.8 Å². The van der Waals surface area contributed by atoms with E-state index in [0.29, 0.717) is 31.2 Å². The van der Waals surface area contributed by atoms with Crippen molar-refractivity contribution >= 4 is 6.34 Å². The van der Waals surface area contributed by atoms with Gasteiger partial charge in [-0.05, 0) is 61.6 Å². The number of aryl methyl sites for hydroxylation is 1. The van der Waals surface area contributed by atoms with Crippen LogP contribution in [0, 0.1) is 5.41 Å². The maximum Gasteiger partial charge on any atom is 0.419 e. The number of halogens is 6. The summed E-state index contributed by atoms with van der Waals surface area (Å²) in [6, 6.07) is 7.58. The Morgan fingerprint density at radius 1 is 1.05 bits per heavy atom. The number of rotatable bonds is 8. The molecule has 1 saturated heterocycles. The van der Waals surface area contributed by atoms with Crippen molar-refractivity contribution in [3.8, 4) is 17.1 Å². The summed E-state index contributed by atoms with van der Waals surface area (Å²) in [5, 5.41) is 11.3. The van der Waals surface area contributed by atoms with E-state index in [1.807, 2.05) is 0 Å². The molecule has 1 aromatic heterocycles. The van der Waals surface area contributed by atoms with Crippen molar-refractivity contribution in [1.29, 1.82) is 5.41 Å². The molecule has 37 heavy (non-hydrogen) atoms. The van der Waals surface area contributed by atoms with Crippen molar-refractivity contribution < 1.29 is 35.6 Å². The van der Waals surface area contributed by atoms with Crippen LogP contribution in [0.4, 0.5) is 26.3 Å². The zero-order chi connectivity index (χ0) is 26.8. The van der Waals surface area contributed by atoms with Gasteiger partial charge in [-0.3, -0.25) is 5.41 Å². The lowest BCUT2D eigenvalue weighted by Gasteiger charge is -2.22. The van der Waals surface area contributed by atoms with Gasteiger partial charge >= 0.3 is 12.4 Å². The highest BCUT2D eigenvalue weighted by Crippen LogP contribution is 2.39. The molecule has 2 atom stereocenters. The van der Waals surface area contributed by atoms with Crippen LogP contribution in [0.25, 0.3) is 11.4 Å². The zero-order valence-electron chi connectivity index (χ0n) is 19.3. The Morgan fingerprint density at radius 3 is 2.43 bits per heavy atom. The van der Waals surface area contributed by atoms with E-state index in [2.05, 4.69) is 10.1 Å². The molecule has 4 rings (SSSR count). The first-order valence-corrected chi connectivity index (χ1v) is 11.3. The second-order valence-electron chi connectivity index (χ2n) is 8.55. The average Bonchev–Trinajstić information content (AvgIpc) is 3.47. The number of hydrogen-bond acceptors (Lipinski definition) is 6. The van der Waals surface area contributed by atoms with Crippen molar-refractivity contribution in [3.63, 3.8) is 0 Å². The second kappa shape index (κ2) is 10.4. The highest BCUT2D eigenvalue weighted by Gasteiger charge is 2.36. The van der Waals surface area contributed by atoms with Crippen LogP contribution in [0.15, 0.2) is 47.0 Å². The Bertz CT molecular complexity index is 1230. The number of hydrogen-bond donors (Lipinski definition) is 2. The summed E-state index contributed by atoms with van der Waals surface area (Å²) in [4.78, 5) is 5.76. The van der Waals surface area contributed by atoms with Crippen molar-refractivity contribution in [3.05, 3.63) is 65.0 Å². The largest absolute Gasteiger partial charge is 0.493 e. The molecule has 3 N–H and O–H groups in total. The van der Waals surface area contributed by atoms with Crippen LogP contribution in [-0.4, -0.2) is 34.2 Å². The average molecular weight is 527 g/mol. The van der Waals surface area contributed by atoms with E-state index >= 15 is 0 Å². The van der Waals surface area contributed by atoms with Gasteiger partial charge in [0, 0.05) is 5.56 Å². The molecule has 0 radical (unpaired) electrons. The van der Waals surface area contributed by atoms with Crippen LogP contribution in [0.5, 0.6) is 5.75 Å². The van der Waals surface area contributed by atoms with Gasteiger partial charge in [-0.15, -0.1) is 0 Å². The smallest absolute Gasteiger partial charge is 0.419 e. The van der Waals surface area contributed by atoms with Crippen molar-refractivity contribution in [2.75, 3.05) is 6.61 Å². The van der Waals surface area contributed by atoms with Crippen LogP contribution in [0.1, 0.15) is 47.9 Å². The fourth-order valence-corrected chi connectivity index (χ4v) is 4.12. The third-order valence-electron chi connectivity index (χ3n) is 6.05. The van der Waals surface area contributed by atoms with Gasteiger partial charge in [-0.1, -0.05) is 17.3 Å². The lowest BCUT2D eigenvalue weighted by atomic mass is 10.1. The van der Waals surface area contributed by atoms with Crippen molar-refractivity contribution in [2.45, 2.75) is 50.2 Å². The van der Waals surface area contributed by atoms with E-state index in [1.54, 1.807) is 4.90 Å². The van der Waals surface area contributed by atoms with E-state index in [4.69, 9.17) is 20.4 Å². The first-order chi connectivity index (χ1) is 17.5. The number of nitrogens with zero attached hydrogens (tertiary/aromatic N) is 3. The molecule has 13 heteroatoms. The molecule has 2 aromatic carbocycles. The molecule has 1 aliphatic heterocycles. The van der Waals surface area contributed by atoms with Crippen LogP contribution < -0.4 is 10.5 Å². The normalized spacial score (nSPS) is 18.3. The molecule has 198 valence electrons. The molecule has 2 unspecified atom stereocenters. The molecular formula is C24H23F6N5O2. The highest BCUT2D eigenvalue weighted by atomic mass is 19.4. The minimum absolute atomic E-state index is 0.0419. The molecular weight excluding hydrogens is 504 g/mol. The van der Waals surface area contributed by atoms with E-state index in [1.165, 1.54) is 24.3 Å². The molecule has 0 spiro atoms. The van der Waals surface area contributed by atoms with Gasteiger partial charge in [0.25, 0.3) is 0 Å². The molecule has 7 nitrogen and oxygen atoms in total. The fourth-order valence-electron chi connectivity index (χ4n) is 4.12. The standard InChI is InChI=1S/C24H23F6N5O2/c25-23(26,27)16-6-3-14(4-7-16)2-1-11-36-19-9-5-15(12-17(19)24(28,29)30)21-33-22(37-34-21)18-8-10-20(32)35(18)13-31/h3-7,9,12-13,18,20,31H,1-2,8,10-11,32H2. The molecule has 0 amide bonds. The third-order valence-corrected chi connectivity index (χ3v) is 6.05. The number of nitrogens with one attached hydrogen (secondary N) is 1. The first kappa shape index (κ1) is 26.5. The number of ether oxygens (including phenoxy) is 1. The summed E-state index contributed by atoms with van der Waals surface area (Å²) in [6.07, 6.45) is -6.68. The summed E-state index contributed by atoms with van der Waals surface area (Å²) in [5.74, 6) is -0.271. The fraction of sp³-hybridized carbons (Fsp3) is 0.375. The SMILES string of the molecule is N=CN1C(N)CCC1c1nc(-c2ccc(OCCCc3ccc(C(F)(F)F)cc3)c(C(F)(F)F)c2)no1. The van der Waals surface area contributed by atoms with Gasteiger partial charge in [0.1, 0.15) is 11.8 Å². The Hall–Kier alpha value is -3.61. The maximum atomic E-state index is 13.8. The lowest BCUT2D eigenvalue weighted by molar-refractivity contribution is -0.139. The highest BCUT2D eigenvalue weighted by molar-refractivity contribution is 5.59. The quantitative estimate of drug-likeness (QED) is 0.166. The molecule has 1 aliphatic rings. The van der Waals surface area contributed by atoms with Crippen molar-refractivity contribution in [2.24, 2.45) is 5.73 Å². The minimum atomic E-state index is -4.72. The van der Waals surface area contributed by atoms with Crippen LogP contribution in [0.3, 0.4) is 0 Å². The summed E-state index contributed by atoms with van der Waals surface area (Å²) in [7, 11) is 0. The van der Waals surface area contributed by atoms with Gasteiger partial charge in [0.15, 0.2) is 0 Å². The predicted octanol–water partition coefficient (Wildman–Crippen LogP) is 5.81. The summed E-state index contributed by atoms with van der Waals surface area (Å²) >= 11 is 0. The van der Waals surface area contributed by atoms with Gasteiger partial charge in [0.05, 0.1) is 30.2 Å². The molecule has 1 fully saturated rings. The Balaban J connectivity index is 1.43. The molecule has 3 aromatic rings. The van der Waals surface area contributed by atoms with Crippen LogP contribution in [0.2, 0.25) is 0 Å². The summed E-state index contributed by atoms with van der Waals surface area (Å²) < 4.78 is 89.9. The monoisotopic (exact) mass is 527 g/mol. The zero-order valence-corrected chi connectivity index (χ0v) is 19.3. The number of alkyl halides is 6. The number of nitrogens with two attached hydrogens (primary N) is 1. The Morgan fingerprint density at radius 2 is 1.78 bits per heavy atom. The number of likely N-dealkylation sites (tertiary alicyclic amines) is 1.